The van der Waals surface area contributed by atoms with Gasteiger partial charge in [-0.05, 0) is 40.9 Å². The van der Waals surface area contributed by atoms with E-state index in [1.54, 1.807) is 6.07 Å². The molecule has 90 valence electrons. The molecule has 17 heavy (non-hydrogen) atoms. The van der Waals surface area contributed by atoms with Crippen LogP contribution in [0.2, 0.25) is 0 Å². The van der Waals surface area contributed by atoms with Crippen molar-refractivity contribution in [1.82, 2.24) is 0 Å². The summed E-state index contributed by atoms with van der Waals surface area (Å²) in [6.45, 7) is 0. The lowest BCUT2D eigenvalue weighted by Crippen LogP contribution is -2.32. The first-order chi connectivity index (χ1) is 8.10. The fourth-order valence-electron chi connectivity index (χ4n) is 1.65. The molecule has 1 fully saturated rings. The van der Waals surface area contributed by atoms with Gasteiger partial charge < -0.3 is 10.1 Å². The van der Waals surface area contributed by atoms with Crippen molar-refractivity contribution in [2.75, 3.05) is 12.4 Å². The fourth-order valence-corrected chi connectivity index (χ4v) is 2.03. The van der Waals surface area contributed by atoms with Crippen molar-refractivity contribution in [2.45, 2.75) is 12.8 Å². The summed E-state index contributed by atoms with van der Waals surface area (Å²) in [5.74, 6) is -0.752. The van der Waals surface area contributed by atoms with E-state index in [2.05, 4.69) is 26.0 Å². The van der Waals surface area contributed by atoms with Gasteiger partial charge in [-0.3, -0.25) is 9.59 Å². The SMILES string of the molecule is COC(=O)C1(C(=O)Nc2ccccc2Br)CC1. The standard InChI is InChI=1S/C12H12BrNO3/c1-17-11(16)12(6-7-12)10(15)14-9-5-3-2-4-8(9)13/h2-5H,6-7H2,1H3,(H,14,15). The number of carbonyl (C=O) groups excluding carboxylic acids is 2. The van der Waals surface area contributed by atoms with Crippen molar-refractivity contribution in [3.05, 3.63) is 28.7 Å². The molecular weight excluding hydrogens is 286 g/mol. The molecule has 0 spiro atoms. The van der Waals surface area contributed by atoms with Crippen LogP contribution in [0.5, 0.6) is 0 Å². The maximum atomic E-state index is 12.0. The Hall–Kier alpha value is -1.36. The van der Waals surface area contributed by atoms with Gasteiger partial charge in [0.1, 0.15) is 5.41 Å². The van der Waals surface area contributed by atoms with Crippen LogP contribution in [0.4, 0.5) is 5.69 Å². The molecule has 2 rings (SSSR count). The molecule has 0 heterocycles. The predicted molar refractivity (Wildman–Crippen MR) is 66.5 cm³/mol. The lowest BCUT2D eigenvalue weighted by molar-refractivity contribution is -0.150. The Morgan fingerprint density at radius 1 is 1.35 bits per heavy atom. The largest absolute Gasteiger partial charge is 0.468 e. The lowest BCUT2D eigenvalue weighted by Gasteiger charge is -2.13. The number of esters is 1. The summed E-state index contributed by atoms with van der Waals surface area (Å²) < 4.78 is 5.44. The van der Waals surface area contributed by atoms with E-state index < -0.39 is 11.4 Å². The van der Waals surface area contributed by atoms with Gasteiger partial charge in [0.15, 0.2) is 0 Å². The summed E-state index contributed by atoms with van der Waals surface area (Å²) in [4.78, 5) is 23.5. The number of anilines is 1. The molecule has 0 radical (unpaired) electrons. The number of nitrogens with one attached hydrogen (secondary N) is 1. The van der Waals surface area contributed by atoms with E-state index in [0.717, 1.165) is 4.47 Å². The van der Waals surface area contributed by atoms with Crippen molar-refractivity contribution in [3.63, 3.8) is 0 Å². The Kier molecular flexibility index (Phi) is 3.19. The number of halogens is 1. The monoisotopic (exact) mass is 297 g/mol. The van der Waals surface area contributed by atoms with Gasteiger partial charge in [-0.2, -0.15) is 0 Å². The van der Waals surface area contributed by atoms with Crippen LogP contribution in [0.25, 0.3) is 0 Å². The maximum Gasteiger partial charge on any atom is 0.321 e. The highest BCUT2D eigenvalue weighted by Gasteiger charge is 2.57. The van der Waals surface area contributed by atoms with Crippen molar-refractivity contribution >= 4 is 33.5 Å². The van der Waals surface area contributed by atoms with Gasteiger partial charge in [0, 0.05) is 4.47 Å². The third-order valence-corrected chi connectivity index (χ3v) is 3.57. The Bertz CT molecular complexity index is 469. The third-order valence-electron chi connectivity index (χ3n) is 2.88. The summed E-state index contributed by atoms with van der Waals surface area (Å²) in [5.41, 5.74) is -0.308. The zero-order chi connectivity index (χ0) is 12.5. The molecule has 4 nitrogen and oxygen atoms in total. The normalized spacial score (nSPS) is 16.1. The van der Waals surface area contributed by atoms with Gasteiger partial charge in [-0.15, -0.1) is 0 Å². The average molecular weight is 298 g/mol. The summed E-state index contributed by atoms with van der Waals surface area (Å²) in [7, 11) is 1.30. The first kappa shape index (κ1) is 12.1. The van der Waals surface area contributed by atoms with Crippen molar-refractivity contribution in [2.24, 2.45) is 5.41 Å². The number of benzene rings is 1. The second-order valence-corrected chi connectivity index (χ2v) is 4.86. The number of para-hydroxylation sites is 1. The Morgan fingerprint density at radius 3 is 2.53 bits per heavy atom. The molecule has 0 bridgehead atoms. The van der Waals surface area contributed by atoms with Gasteiger partial charge in [-0.1, -0.05) is 12.1 Å². The van der Waals surface area contributed by atoms with Crippen LogP contribution in [0.1, 0.15) is 12.8 Å². The van der Waals surface area contributed by atoms with Crippen molar-refractivity contribution in [1.29, 1.82) is 0 Å². The summed E-state index contributed by atoms with van der Waals surface area (Å²) in [6.07, 6.45) is 1.10. The van der Waals surface area contributed by atoms with Crippen LogP contribution in [-0.4, -0.2) is 19.0 Å². The zero-order valence-corrected chi connectivity index (χ0v) is 10.9. The number of rotatable bonds is 3. The highest BCUT2D eigenvalue weighted by molar-refractivity contribution is 9.10. The molecule has 1 aromatic carbocycles. The number of hydrogen-bond acceptors (Lipinski definition) is 3. The van der Waals surface area contributed by atoms with E-state index in [1.807, 2.05) is 18.2 Å². The number of amides is 1. The van der Waals surface area contributed by atoms with Crippen LogP contribution in [0, 0.1) is 5.41 Å². The molecule has 0 unspecified atom stereocenters. The quantitative estimate of drug-likeness (QED) is 0.688. The summed E-state index contributed by atoms with van der Waals surface area (Å²) in [5, 5.41) is 2.74. The Balaban J connectivity index is 2.13. The molecule has 1 amide bonds. The van der Waals surface area contributed by atoms with Crippen LogP contribution in [0.15, 0.2) is 28.7 Å². The van der Waals surface area contributed by atoms with Gasteiger partial charge >= 0.3 is 5.97 Å². The van der Waals surface area contributed by atoms with E-state index in [4.69, 9.17) is 0 Å². The molecular formula is C12H12BrNO3. The van der Waals surface area contributed by atoms with Crippen molar-refractivity contribution < 1.29 is 14.3 Å². The second-order valence-electron chi connectivity index (χ2n) is 4.01. The minimum atomic E-state index is -0.968. The molecule has 0 aliphatic heterocycles. The first-order valence-electron chi connectivity index (χ1n) is 5.24. The van der Waals surface area contributed by atoms with Gasteiger partial charge in [-0.25, -0.2) is 0 Å². The molecule has 5 heteroatoms. The number of ether oxygens (including phenoxy) is 1. The van der Waals surface area contributed by atoms with Crippen LogP contribution >= 0.6 is 15.9 Å². The molecule has 1 N–H and O–H groups in total. The highest BCUT2D eigenvalue weighted by atomic mass is 79.9. The van der Waals surface area contributed by atoms with Gasteiger partial charge in [0.05, 0.1) is 12.8 Å². The topological polar surface area (TPSA) is 55.4 Å². The second kappa shape index (κ2) is 4.49. The van der Waals surface area contributed by atoms with Crippen LogP contribution in [-0.2, 0) is 14.3 Å². The van der Waals surface area contributed by atoms with Crippen LogP contribution in [0.3, 0.4) is 0 Å². The summed E-state index contributed by atoms with van der Waals surface area (Å²) in [6, 6.07) is 7.27. The number of carbonyl (C=O) groups is 2. The molecule has 0 aromatic heterocycles. The Labute approximate surface area is 107 Å². The molecule has 1 aliphatic rings. The smallest absolute Gasteiger partial charge is 0.321 e. The van der Waals surface area contributed by atoms with E-state index in [9.17, 15) is 9.59 Å². The lowest BCUT2D eigenvalue weighted by atomic mass is 10.1. The molecule has 0 atom stereocenters. The number of methoxy groups -OCH3 is 1. The minimum Gasteiger partial charge on any atom is -0.468 e. The minimum absolute atomic E-state index is 0.295. The average Bonchev–Trinajstić information content (AvgIpc) is 3.12. The predicted octanol–water partition coefficient (Wildman–Crippen LogP) is 2.34. The zero-order valence-electron chi connectivity index (χ0n) is 9.33. The Morgan fingerprint density at radius 2 is 2.00 bits per heavy atom. The molecule has 0 saturated heterocycles. The van der Waals surface area contributed by atoms with E-state index in [0.29, 0.717) is 18.5 Å². The molecule has 1 aromatic rings. The molecule has 1 aliphatic carbocycles. The molecule has 1 saturated carbocycles. The van der Waals surface area contributed by atoms with E-state index in [-0.39, 0.29) is 5.91 Å². The van der Waals surface area contributed by atoms with Gasteiger partial charge in [0.2, 0.25) is 5.91 Å². The highest BCUT2D eigenvalue weighted by Crippen LogP contribution is 2.47. The maximum absolute atomic E-state index is 12.0. The van der Waals surface area contributed by atoms with Crippen molar-refractivity contribution in [3.8, 4) is 0 Å². The fraction of sp³-hybridized carbons (Fsp3) is 0.333. The first-order valence-corrected chi connectivity index (χ1v) is 6.04. The summed E-state index contributed by atoms with van der Waals surface area (Å²) >= 11 is 3.34. The number of hydrogen-bond donors (Lipinski definition) is 1. The third kappa shape index (κ3) is 2.20. The van der Waals surface area contributed by atoms with Gasteiger partial charge in [0.25, 0.3) is 0 Å². The van der Waals surface area contributed by atoms with E-state index >= 15 is 0 Å². The van der Waals surface area contributed by atoms with Crippen LogP contribution < -0.4 is 5.32 Å². The van der Waals surface area contributed by atoms with E-state index in [1.165, 1.54) is 7.11 Å².